The third kappa shape index (κ3) is 4.45. The van der Waals surface area contributed by atoms with Gasteiger partial charge in [-0.1, -0.05) is 6.07 Å². The van der Waals surface area contributed by atoms with Gasteiger partial charge in [0.2, 0.25) is 0 Å². The van der Waals surface area contributed by atoms with Gasteiger partial charge >= 0.3 is 0 Å². The molecule has 0 spiro atoms. The topological polar surface area (TPSA) is 54.9 Å². The number of aromatic nitrogens is 2. The number of benzene rings is 1. The Kier molecular flexibility index (Phi) is 5.46. The first kappa shape index (κ1) is 17.2. The van der Waals surface area contributed by atoms with Crippen LogP contribution in [0.1, 0.15) is 27.0 Å². The van der Waals surface area contributed by atoms with E-state index in [9.17, 15) is 4.79 Å². The second kappa shape index (κ2) is 7.94. The first-order chi connectivity index (χ1) is 12.1. The van der Waals surface area contributed by atoms with Crippen LogP contribution >= 0.6 is 11.8 Å². The second-order valence-corrected chi connectivity index (χ2v) is 6.72. The van der Waals surface area contributed by atoms with Crippen LogP contribution in [0.4, 0.5) is 5.69 Å². The van der Waals surface area contributed by atoms with Gasteiger partial charge in [-0.3, -0.25) is 9.78 Å². The van der Waals surface area contributed by atoms with Gasteiger partial charge in [-0.05, 0) is 66.9 Å². The van der Waals surface area contributed by atoms with Gasteiger partial charge in [-0.15, -0.1) is 11.8 Å². The number of anilines is 1. The molecule has 0 radical (unpaired) electrons. The van der Waals surface area contributed by atoms with Crippen LogP contribution in [-0.4, -0.2) is 15.9 Å². The molecule has 0 fully saturated rings. The number of rotatable bonds is 5. The van der Waals surface area contributed by atoms with Crippen molar-refractivity contribution < 1.29 is 4.79 Å². The smallest absolute Gasteiger partial charge is 0.258 e. The lowest BCUT2D eigenvalue weighted by Crippen LogP contribution is -2.13. The largest absolute Gasteiger partial charge is 0.322 e. The maximum absolute atomic E-state index is 12.7. The molecule has 0 aliphatic rings. The summed E-state index contributed by atoms with van der Waals surface area (Å²) >= 11 is 1.54. The fourth-order valence-corrected chi connectivity index (χ4v) is 3.27. The van der Waals surface area contributed by atoms with Crippen LogP contribution in [0.3, 0.4) is 0 Å². The summed E-state index contributed by atoms with van der Waals surface area (Å²) < 4.78 is 0. The van der Waals surface area contributed by atoms with E-state index in [0.717, 1.165) is 27.6 Å². The summed E-state index contributed by atoms with van der Waals surface area (Å²) in [6, 6.07) is 13.4. The van der Waals surface area contributed by atoms with Crippen molar-refractivity contribution in [3.8, 4) is 0 Å². The summed E-state index contributed by atoms with van der Waals surface area (Å²) in [6.07, 6.45) is 5.24. The van der Waals surface area contributed by atoms with Crippen molar-refractivity contribution in [1.29, 1.82) is 0 Å². The van der Waals surface area contributed by atoms with Crippen LogP contribution in [0.15, 0.2) is 66.1 Å². The average Bonchev–Trinajstić information content (AvgIpc) is 2.64. The lowest BCUT2D eigenvalue weighted by Gasteiger charge is -2.10. The zero-order chi connectivity index (χ0) is 17.6. The molecule has 1 N–H and O–H groups in total. The van der Waals surface area contributed by atoms with Crippen molar-refractivity contribution in [2.45, 2.75) is 24.6 Å². The minimum Gasteiger partial charge on any atom is -0.322 e. The number of nitrogens with zero attached hydrogens (tertiary/aromatic N) is 2. The highest BCUT2D eigenvalue weighted by atomic mass is 32.2. The molecule has 3 rings (SSSR count). The molecule has 0 aliphatic heterocycles. The standard InChI is InChI=1S/C20H19N3OS/c1-14-5-6-17(12-15(14)2)23-19(24)18-4-3-9-22-20(18)25-13-16-7-10-21-11-8-16/h3-12H,13H2,1-2H3,(H,23,24). The molecule has 2 heterocycles. The van der Waals surface area contributed by atoms with Crippen LogP contribution in [-0.2, 0) is 5.75 Å². The normalized spacial score (nSPS) is 10.5. The number of pyridine rings is 2. The number of carbonyl (C=O) groups excluding carboxylic acids is 1. The summed E-state index contributed by atoms with van der Waals surface area (Å²) in [5, 5.41) is 3.69. The monoisotopic (exact) mass is 349 g/mol. The van der Waals surface area contributed by atoms with E-state index < -0.39 is 0 Å². The van der Waals surface area contributed by atoms with Crippen LogP contribution in [0.5, 0.6) is 0 Å². The maximum atomic E-state index is 12.7. The number of hydrogen-bond acceptors (Lipinski definition) is 4. The van der Waals surface area contributed by atoms with Crippen LogP contribution in [0, 0.1) is 13.8 Å². The number of hydrogen-bond donors (Lipinski definition) is 1. The van der Waals surface area contributed by atoms with Crippen molar-refractivity contribution >= 4 is 23.4 Å². The van der Waals surface area contributed by atoms with Gasteiger partial charge in [0.25, 0.3) is 5.91 Å². The highest BCUT2D eigenvalue weighted by molar-refractivity contribution is 7.98. The number of aryl methyl sites for hydroxylation is 2. The van der Waals surface area contributed by atoms with E-state index in [2.05, 4.69) is 22.2 Å². The first-order valence-electron chi connectivity index (χ1n) is 7.99. The fourth-order valence-electron chi connectivity index (χ4n) is 2.33. The fraction of sp³-hybridized carbons (Fsp3) is 0.150. The van der Waals surface area contributed by atoms with Gasteiger partial charge in [0, 0.05) is 30.0 Å². The lowest BCUT2D eigenvalue weighted by molar-refractivity contribution is 0.102. The van der Waals surface area contributed by atoms with E-state index in [0.29, 0.717) is 5.56 Å². The van der Waals surface area contributed by atoms with Crippen LogP contribution in [0.2, 0.25) is 0 Å². The molecule has 2 aromatic heterocycles. The Labute approximate surface area is 151 Å². The van der Waals surface area contributed by atoms with E-state index in [4.69, 9.17) is 0 Å². The maximum Gasteiger partial charge on any atom is 0.258 e. The minimum atomic E-state index is -0.145. The van der Waals surface area contributed by atoms with Gasteiger partial charge in [-0.2, -0.15) is 0 Å². The van der Waals surface area contributed by atoms with Crippen molar-refractivity contribution in [3.05, 3.63) is 83.3 Å². The summed E-state index contributed by atoms with van der Waals surface area (Å²) in [6.45, 7) is 4.08. The van der Waals surface area contributed by atoms with E-state index in [1.165, 1.54) is 5.56 Å². The van der Waals surface area contributed by atoms with E-state index in [-0.39, 0.29) is 5.91 Å². The second-order valence-electron chi connectivity index (χ2n) is 5.75. The molecule has 0 atom stereocenters. The van der Waals surface area contributed by atoms with Crippen molar-refractivity contribution in [2.75, 3.05) is 5.32 Å². The summed E-state index contributed by atoms with van der Waals surface area (Å²) in [5.74, 6) is 0.595. The highest BCUT2D eigenvalue weighted by Gasteiger charge is 2.13. The van der Waals surface area contributed by atoms with Crippen LogP contribution < -0.4 is 5.32 Å². The number of thioether (sulfide) groups is 1. The molecule has 25 heavy (non-hydrogen) atoms. The Hall–Kier alpha value is -2.66. The SMILES string of the molecule is Cc1ccc(NC(=O)c2cccnc2SCc2ccncc2)cc1C. The molecule has 4 nitrogen and oxygen atoms in total. The quantitative estimate of drug-likeness (QED) is 0.682. The number of nitrogens with one attached hydrogen (secondary N) is 1. The Balaban J connectivity index is 1.75. The minimum absolute atomic E-state index is 0.145. The third-order valence-electron chi connectivity index (χ3n) is 3.91. The summed E-state index contributed by atoms with van der Waals surface area (Å²) in [7, 11) is 0. The Morgan fingerprint density at radius 1 is 1.04 bits per heavy atom. The van der Waals surface area contributed by atoms with Crippen molar-refractivity contribution in [2.24, 2.45) is 0 Å². The third-order valence-corrected chi connectivity index (χ3v) is 4.98. The molecule has 0 saturated carbocycles. The number of carbonyl (C=O) groups is 1. The molecule has 0 bridgehead atoms. The summed E-state index contributed by atoms with van der Waals surface area (Å²) in [5.41, 5.74) is 4.87. The molecule has 1 aromatic carbocycles. The molecular weight excluding hydrogens is 330 g/mol. The molecule has 5 heteroatoms. The van der Waals surface area contributed by atoms with Gasteiger partial charge in [0.1, 0.15) is 5.03 Å². The molecular formula is C20H19N3OS. The summed E-state index contributed by atoms with van der Waals surface area (Å²) in [4.78, 5) is 21.1. The zero-order valence-electron chi connectivity index (χ0n) is 14.2. The van der Waals surface area contributed by atoms with Gasteiger partial charge in [0.15, 0.2) is 0 Å². The van der Waals surface area contributed by atoms with Gasteiger partial charge in [0.05, 0.1) is 5.56 Å². The van der Waals surface area contributed by atoms with Crippen molar-refractivity contribution in [3.63, 3.8) is 0 Å². The van der Waals surface area contributed by atoms with E-state index in [1.54, 1.807) is 42.5 Å². The lowest BCUT2D eigenvalue weighted by atomic mass is 10.1. The van der Waals surface area contributed by atoms with Gasteiger partial charge < -0.3 is 5.32 Å². The molecule has 0 saturated heterocycles. The molecule has 1 amide bonds. The predicted octanol–water partition coefficient (Wildman–Crippen LogP) is 4.64. The average molecular weight is 349 g/mol. The molecule has 3 aromatic rings. The molecule has 126 valence electrons. The Morgan fingerprint density at radius 2 is 1.84 bits per heavy atom. The predicted molar refractivity (Wildman–Crippen MR) is 102 cm³/mol. The Bertz CT molecular complexity index is 881. The molecule has 0 unspecified atom stereocenters. The van der Waals surface area contributed by atoms with Gasteiger partial charge in [-0.25, -0.2) is 4.98 Å². The first-order valence-corrected chi connectivity index (χ1v) is 8.97. The number of amides is 1. The van der Waals surface area contributed by atoms with E-state index in [1.807, 2.05) is 37.3 Å². The van der Waals surface area contributed by atoms with E-state index >= 15 is 0 Å². The van der Waals surface area contributed by atoms with Crippen LogP contribution in [0.25, 0.3) is 0 Å². The highest BCUT2D eigenvalue weighted by Crippen LogP contribution is 2.25. The molecule has 0 aliphatic carbocycles. The van der Waals surface area contributed by atoms with Crippen molar-refractivity contribution in [1.82, 2.24) is 9.97 Å². The Morgan fingerprint density at radius 3 is 2.60 bits per heavy atom. The zero-order valence-corrected chi connectivity index (χ0v) is 15.0.